The molecule has 0 bridgehead atoms. The van der Waals surface area contributed by atoms with Gasteiger partial charge in [0, 0.05) is 25.5 Å². The molecule has 1 amide bonds. The number of carbonyl (C=O) groups excluding carboxylic acids is 1. The van der Waals surface area contributed by atoms with Gasteiger partial charge in [-0.15, -0.1) is 0 Å². The van der Waals surface area contributed by atoms with Crippen molar-refractivity contribution in [3.8, 4) is 5.75 Å². The number of alkyl halides is 3. The molecule has 1 unspecified atom stereocenters. The average Bonchev–Trinajstić information content (AvgIpc) is 3.10. The SMILES string of the molecule is CCOc1ccccc1[S+]([O-])NC(=O)c1cc2cc(C(F)(F)F)c(N(C)C)cc2o1. The quantitative estimate of drug-likeness (QED) is 0.576. The summed E-state index contributed by atoms with van der Waals surface area (Å²) in [5.74, 6) is -0.722. The molecule has 1 atom stereocenters. The molecule has 1 aromatic heterocycles. The maximum absolute atomic E-state index is 13.4. The number of carbonyl (C=O) groups is 1. The molecule has 10 heteroatoms. The number of ether oxygens (including phenoxy) is 1. The van der Waals surface area contributed by atoms with E-state index < -0.39 is 29.0 Å². The van der Waals surface area contributed by atoms with E-state index >= 15 is 0 Å². The van der Waals surface area contributed by atoms with Crippen LogP contribution in [0.15, 0.2) is 51.8 Å². The summed E-state index contributed by atoms with van der Waals surface area (Å²) < 4.78 is 65.8. The van der Waals surface area contributed by atoms with Crippen LogP contribution in [0.3, 0.4) is 0 Å². The molecule has 3 aromatic rings. The van der Waals surface area contributed by atoms with E-state index in [-0.39, 0.29) is 27.3 Å². The number of hydrogen-bond donors (Lipinski definition) is 1. The second-order valence-electron chi connectivity index (χ2n) is 6.49. The van der Waals surface area contributed by atoms with Gasteiger partial charge in [-0.3, -0.25) is 4.79 Å². The van der Waals surface area contributed by atoms with Gasteiger partial charge in [0.15, 0.2) is 11.5 Å². The first-order valence-corrected chi connectivity index (χ1v) is 10.0. The Hall–Kier alpha value is -2.85. The molecule has 6 nitrogen and oxygen atoms in total. The van der Waals surface area contributed by atoms with Crippen LogP contribution < -0.4 is 14.4 Å². The van der Waals surface area contributed by atoms with Crippen molar-refractivity contribution in [2.75, 3.05) is 25.6 Å². The van der Waals surface area contributed by atoms with Gasteiger partial charge in [-0.2, -0.15) is 17.9 Å². The number of benzene rings is 2. The van der Waals surface area contributed by atoms with Crippen molar-refractivity contribution >= 4 is 33.9 Å². The van der Waals surface area contributed by atoms with Crippen molar-refractivity contribution in [3.63, 3.8) is 0 Å². The Balaban J connectivity index is 1.91. The van der Waals surface area contributed by atoms with Crippen LogP contribution in [0.1, 0.15) is 23.0 Å². The zero-order valence-electron chi connectivity index (χ0n) is 16.4. The largest absolute Gasteiger partial charge is 0.588 e. The normalized spacial score (nSPS) is 12.6. The van der Waals surface area contributed by atoms with Crippen molar-refractivity contribution < 1.29 is 31.7 Å². The Morgan fingerprint density at radius 2 is 1.93 bits per heavy atom. The average molecular weight is 440 g/mol. The van der Waals surface area contributed by atoms with Gasteiger partial charge in [0.25, 0.3) is 0 Å². The molecule has 2 aromatic carbocycles. The number of fused-ring (bicyclic) bond motifs is 1. The third kappa shape index (κ3) is 4.49. The minimum atomic E-state index is -4.57. The van der Waals surface area contributed by atoms with Crippen molar-refractivity contribution in [3.05, 3.63) is 53.8 Å². The standard InChI is InChI=1S/C20H19F3N2O4S/c1-4-28-15-7-5-6-8-18(15)30(27)24-19(26)17-10-12-9-13(20(21,22)23)14(25(2)3)11-16(12)29-17/h5-11H,4H2,1-3H3,(H,24,26). The van der Waals surface area contributed by atoms with E-state index in [0.29, 0.717) is 12.4 Å². The summed E-state index contributed by atoms with van der Waals surface area (Å²) in [5, 5.41) is 0.110. The van der Waals surface area contributed by atoms with Crippen LogP contribution >= 0.6 is 0 Å². The fourth-order valence-electron chi connectivity index (χ4n) is 2.85. The Morgan fingerprint density at radius 3 is 2.57 bits per heavy atom. The van der Waals surface area contributed by atoms with Crippen LogP contribution in [0.25, 0.3) is 11.0 Å². The molecule has 0 fully saturated rings. The molecule has 0 aliphatic carbocycles. The van der Waals surface area contributed by atoms with Crippen molar-refractivity contribution in [1.82, 2.24) is 4.72 Å². The zero-order valence-corrected chi connectivity index (χ0v) is 17.2. The van der Waals surface area contributed by atoms with Crippen LogP contribution in [-0.4, -0.2) is 31.2 Å². The number of para-hydroxylation sites is 1. The van der Waals surface area contributed by atoms with E-state index in [4.69, 9.17) is 9.15 Å². The number of nitrogens with zero attached hydrogens (tertiary/aromatic N) is 1. The molecule has 0 radical (unpaired) electrons. The predicted molar refractivity (Wildman–Crippen MR) is 107 cm³/mol. The molecule has 0 aliphatic rings. The molecule has 0 aliphatic heterocycles. The van der Waals surface area contributed by atoms with Crippen molar-refractivity contribution in [1.29, 1.82) is 0 Å². The Bertz CT molecular complexity index is 1070. The molecule has 1 heterocycles. The van der Waals surface area contributed by atoms with Gasteiger partial charge < -0.3 is 18.6 Å². The fourth-order valence-corrected chi connectivity index (χ4v) is 3.74. The van der Waals surface area contributed by atoms with Crippen LogP contribution in [-0.2, 0) is 17.5 Å². The highest BCUT2D eigenvalue weighted by Crippen LogP contribution is 2.39. The van der Waals surface area contributed by atoms with Gasteiger partial charge in [-0.05, 0) is 31.2 Å². The van der Waals surface area contributed by atoms with E-state index in [0.717, 1.165) is 6.07 Å². The topological polar surface area (TPSA) is 77.8 Å². The van der Waals surface area contributed by atoms with E-state index in [1.54, 1.807) is 31.2 Å². The minimum Gasteiger partial charge on any atom is -0.588 e. The van der Waals surface area contributed by atoms with Crippen LogP contribution in [0.2, 0.25) is 0 Å². The highest BCUT2D eigenvalue weighted by atomic mass is 32.2. The van der Waals surface area contributed by atoms with Gasteiger partial charge in [0.05, 0.1) is 17.9 Å². The molecule has 3 rings (SSSR count). The van der Waals surface area contributed by atoms with E-state index in [1.165, 1.54) is 31.1 Å². The van der Waals surface area contributed by atoms with Gasteiger partial charge in [0.2, 0.25) is 4.90 Å². The second kappa shape index (κ2) is 8.49. The first-order chi connectivity index (χ1) is 14.1. The Labute approximate surface area is 173 Å². The molecule has 30 heavy (non-hydrogen) atoms. The Morgan fingerprint density at radius 1 is 1.23 bits per heavy atom. The first-order valence-electron chi connectivity index (χ1n) is 8.88. The number of nitrogens with one attached hydrogen (secondary N) is 1. The lowest BCUT2D eigenvalue weighted by atomic mass is 10.1. The third-order valence-electron chi connectivity index (χ3n) is 4.18. The Kier molecular flexibility index (Phi) is 6.18. The van der Waals surface area contributed by atoms with Gasteiger partial charge in [-0.1, -0.05) is 12.1 Å². The summed E-state index contributed by atoms with van der Waals surface area (Å²) in [6.07, 6.45) is -4.57. The first kappa shape index (κ1) is 21.8. The molecule has 0 saturated heterocycles. The maximum Gasteiger partial charge on any atom is 0.418 e. The van der Waals surface area contributed by atoms with E-state index in [2.05, 4.69) is 4.72 Å². The van der Waals surface area contributed by atoms with Crippen LogP contribution in [0.4, 0.5) is 18.9 Å². The number of anilines is 1. The lowest BCUT2D eigenvalue weighted by Gasteiger charge is -2.19. The summed E-state index contributed by atoms with van der Waals surface area (Å²) >= 11 is -1.95. The fraction of sp³-hybridized carbons (Fsp3) is 0.250. The molecule has 1 N–H and O–H groups in total. The van der Waals surface area contributed by atoms with Crippen molar-refractivity contribution in [2.24, 2.45) is 0 Å². The molecule has 0 spiro atoms. The van der Waals surface area contributed by atoms with Gasteiger partial charge >= 0.3 is 12.1 Å². The molecular weight excluding hydrogens is 421 g/mol. The predicted octanol–water partition coefficient (Wildman–Crippen LogP) is 4.37. The number of rotatable bonds is 6. The van der Waals surface area contributed by atoms with Crippen LogP contribution in [0, 0.1) is 0 Å². The maximum atomic E-state index is 13.4. The van der Waals surface area contributed by atoms with E-state index in [1.807, 2.05) is 0 Å². The van der Waals surface area contributed by atoms with Gasteiger partial charge in [0.1, 0.15) is 16.9 Å². The van der Waals surface area contributed by atoms with Crippen LogP contribution in [0.5, 0.6) is 5.75 Å². The number of amides is 1. The summed E-state index contributed by atoms with van der Waals surface area (Å²) in [5.41, 5.74) is -0.829. The monoisotopic (exact) mass is 440 g/mol. The molecule has 0 saturated carbocycles. The summed E-state index contributed by atoms with van der Waals surface area (Å²) in [6, 6.07) is 9.83. The number of hydrogen-bond acceptors (Lipinski definition) is 5. The molecular formula is C20H19F3N2O4S. The highest BCUT2D eigenvalue weighted by molar-refractivity contribution is 7.90. The molecule has 160 valence electrons. The lowest BCUT2D eigenvalue weighted by Crippen LogP contribution is -2.30. The smallest absolute Gasteiger partial charge is 0.418 e. The summed E-state index contributed by atoms with van der Waals surface area (Å²) in [7, 11) is 2.96. The zero-order chi connectivity index (χ0) is 22.1. The lowest BCUT2D eigenvalue weighted by molar-refractivity contribution is -0.137. The second-order valence-corrected chi connectivity index (χ2v) is 7.67. The summed E-state index contributed by atoms with van der Waals surface area (Å²) in [6.45, 7) is 2.12. The number of halogens is 3. The van der Waals surface area contributed by atoms with E-state index in [9.17, 15) is 22.5 Å². The summed E-state index contributed by atoms with van der Waals surface area (Å²) in [4.78, 5) is 14.1. The minimum absolute atomic E-state index is 0.0921. The highest BCUT2D eigenvalue weighted by Gasteiger charge is 2.35. The number of furan rings is 1. The third-order valence-corrected chi connectivity index (χ3v) is 5.29. The van der Waals surface area contributed by atoms with Gasteiger partial charge in [-0.25, -0.2) is 0 Å². The van der Waals surface area contributed by atoms with Crippen molar-refractivity contribution in [2.45, 2.75) is 18.0 Å².